The highest BCUT2D eigenvalue weighted by molar-refractivity contribution is 5.87. The minimum absolute atomic E-state index is 0.0255. The molecule has 18 heavy (non-hydrogen) atoms. The average Bonchev–Trinajstić information content (AvgIpc) is 2.69. The highest BCUT2D eigenvalue weighted by Crippen LogP contribution is 2.31. The lowest BCUT2D eigenvalue weighted by molar-refractivity contribution is -0.127. The van der Waals surface area contributed by atoms with Crippen molar-refractivity contribution in [2.45, 2.75) is 24.9 Å². The van der Waals surface area contributed by atoms with Crippen molar-refractivity contribution >= 4 is 11.6 Å². The minimum Gasteiger partial charge on any atom is -0.358 e. The predicted octanol–water partition coefficient (Wildman–Crippen LogP) is 0.607. The number of fused-ring (bicyclic) bond motifs is 1. The van der Waals surface area contributed by atoms with Gasteiger partial charge in [0.25, 0.3) is 0 Å². The molecule has 4 heteroatoms. The van der Waals surface area contributed by atoms with Crippen molar-refractivity contribution in [2.75, 3.05) is 25.0 Å². The summed E-state index contributed by atoms with van der Waals surface area (Å²) < 4.78 is 0. The molecule has 96 valence electrons. The Morgan fingerprint density at radius 2 is 2.11 bits per heavy atom. The van der Waals surface area contributed by atoms with Crippen molar-refractivity contribution in [3.8, 4) is 0 Å². The first-order valence-corrected chi connectivity index (χ1v) is 6.52. The Balaban J connectivity index is 1.95. The maximum absolute atomic E-state index is 12.2. The van der Waals surface area contributed by atoms with Crippen molar-refractivity contribution < 1.29 is 4.79 Å². The molecule has 1 aromatic rings. The van der Waals surface area contributed by atoms with Crippen LogP contribution in [0.2, 0.25) is 0 Å². The van der Waals surface area contributed by atoms with E-state index in [1.165, 1.54) is 11.3 Å². The fourth-order valence-corrected chi connectivity index (χ4v) is 3.05. The van der Waals surface area contributed by atoms with Crippen LogP contribution in [-0.2, 0) is 11.2 Å². The zero-order chi connectivity index (χ0) is 12.7. The number of rotatable bonds is 1. The SMILES string of the molecule is CN1CCC(N2CC(N)Cc3ccccc32)C1=O. The number of likely N-dealkylation sites (tertiary alicyclic amines) is 1. The fourth-order valence-electron chi connectivity index (χ4n) is 3.05. The van der Waals surface area contributed by atoms with Gasteiger partial charge < -0.3 is 15.5 Å². The molecule has 4 nitrogen and oxygen atoms in total. The van der Waals surface area contributed by atoms with Gasteiger partial charge in [0.15, 0.2) is 0 Å². The Labute approximate surface area is 107 Å². The number of likely N-dealkylation sites (N-methyl/N-ethyl adjacent to an activating group) is 1. The second kappa shape index (κ2) is 4.28. The molecule has 0 aromatic heterocycles. The quantitative estimate of drug-likeness (QED) is 0.788. The summed E-state index contributed by atoms with van der Waals surface area (Å²) in [5, 5.41) is 0. The standard InChI is InChI=1S/C14H19N3O/c1-16-7-6-13(14(16)18)17-9-11(15)8-10-4-2-3-5-12(10)17/h2-5,11,13H,6-9,15H2,1H3. The number of benzene rings is 1. The first-order chi connectivity index (χ1) is 8.66. The molecular formula is C14H19N3O. The van der Waals surface area contributed by atoms with Crippen molar-refractivity contribution in [3.05, 3.63) is 29.8 Å². The maximum atomic E-state index is 12.2. The van der Waals surface area contributed by atoms with Gasteiger partial charge in [-0.3, -0.25) is 4.79 Å². The van der Waals surface area contributed by atoms with Gasteiger partial charge in [-0.1, -0.05) is 18.2 Å². The summed E-state index contributed by atoms with van der Waals surface area (Å²) in [5.41, 5.74) is 8.57. The Morgan fingerprint density at radius 1 is 1.33 bits per heavy atom. The molecule has 2 heterocycles. The highest BCUT2D eigenvalue weighted by atomic mass is 16.2. The summed E-state index contributed by atoms with van der Waals surface area (Å²) >= 11 is 0. The molecule has 1 aromatic carbocycles. The van der Waals surface area contributed by atoms with Crippen molar-refractivity contribution in [3.63, 3.8) is 0 Å². The zero-order valence-electron chi connectivity index (χ0n) is 10.7. The van der Waals surface area contributed by atoms with E-state index in [4.69, 9.17) is 5.73 Å². The summed E-state index contributed by atoms with van der Waals surface area (Å²) in [6.45, 7) is 1.62. The maximum Gasteiger partial charge on any atom is 0.245 e. The first-order valence-electron chi connectivity index (χ1n) is 6.52. The first kappa shape index (κ1) is 11.5. The number of amides is 1. The van der Waals surface area contributed by atoms with Gasteiger partial charge in [-0.25, -0.2) is 0 Å². The lowest BCUT2D eigenvalue weighted by Gasteiger charge is -2.37. The molecule has 2 N–H and O–H groups in total. The van der Waals surface area contributed by atoms with Gasteiger partial charge >= 0.3 is 0 Å². The van der Waals surface area contributed by atoms with Gasteiger partial charge in [-0.2, -0.15) is 0 Å². The topological polar surface area (TPSA) is 49.6 Å². The molecule has 2 unspecified atom stereocenters. The lowest BCUT2D eigenvalue weighted by atomic mass is 9.96. The molecular weight excluding hydrogens is 226 g/mol. The summed E-state index contributed by atoms with van der Waals surface area (Å²) in [6, 6.07) is 8.39. The number of carbonyl (C=O) groups excluding carboxylic acids is 1. The summed E-state index contributed by atoms with van der Waals surface area (Å²) in [7, 11) is 1.87. The molecule has 1 amide bonds. The average molecular weight is 245 g/mol. The fraction of sp³-hybridized carbons (Fsp3) is 0.500. The molecule has 0 radical (unpaired) electrons. The predicted molar refractivity (Wildman–Crippen MR) is 71.5 cm³/mol. The molecule has 1 saturated heterocycles. The third-order valence-corrected chi connectivity index (χ3v) is 3.99. The van der Waals surface area contributed by atoms with Crippen LogP contribution in [0.3, 0.4) is 0 Å². The largest absolute Gasteiger partial charge is 0.358 e. The number of hydrogen-bond donors (Lipinski definition) is 1. The van der Waals surface area contributed by atoms with Crippen LogP contribution >= 0.6 is 0 Å². The van der Waals surface area contributed by atoms with E-state index in [9.17, 15) is 4.79 Å². The van der Waals surface area contributed by atoms with Gasteiger partial charge in [0, 0.05) is 31.9 Å². The molecule has 3 rings (SSSR count). The molecule has 0 bridgehead atoms. The molecule has 0 saturated carbocycles. The van der Waals surface area contributed by atoms with E-state index in [1.807, 2.05) is 24.1 Å². The second-order valence-electron chi connectivity index (χ2n) is 5.31. The van der Waals surface area contributed by atoms with E-state index in [0.717, 1.165) is 25.9 Å². The molecule has 0 spiro atoms. The Bertz CT molecular complexity index is 474. The Morgan fingerprint density at radius 3 is 2.83 bits per heavy atom. The van der Waals surface area contributed by atoms with E-state index >= 15 is 0 Å². The van der Waals surface area contributed by atoms with Crippen LogP contribution in [0.25, 0.3) is 0 Å². The normalized spacial score (nSPS) is 27.6. The van der Waals surface area contributed by atoms with E-state index in [2.05, 4.69) is 17.0 Å². The van der Waals surface area contributed by atoms with Crippen LogP contribution in [0.15, 0.2) is 24.3 Å². The van der Waals surface area contributed by atoms with Crippen LogP contribution in [0.4, 0.5) is 5.69 Å². The third-order valence-electron chi connectivity index (χ3n) is 3.99. The molecule has 1 fully saturated rings. The van der Waals surface area contributed by atoms with E-state index in [-0.39, 0.29) is 18.0 Å². The summed E-state index contributed by atoms with van der Waals surface area (Å²) in [6.07, 6.45) is 1.81. The van der Waals surface area contributed by atoms with E-state index in [1.54, 1.807) is 0 Å². The van der Waals surface area contributed by atoms with Crippen molar-refractivity contribution in [1.82, 2.24) is 4.90 Å². The Kier molecular flexibility index (Phi) is 2.74. The molecule has 2 atom stereocenters. The van der Waals surface area contributed by atoms with E-state index < -0.39 is 0 Å². The van der Waals surface area contributed by atoms with Gasteiger partial charge in [0.1, 0.15) is 6.04 Å². The van der Waals surface area contributed by atoms with Crippen LogP contribution in [0, 0.1) is 0 Å². The minimum atomic E-state index is -0.0255. The van der Waals surface area contributed by atoms with Gasteiger partial charge in [-0.05, 0) is 24.5 Å². The van der Waals surface area contributed by atoms with Crippen LogP contribution in [0.5, 0.6) is 0 Å². The highest BCUT2D eigenvalue weighted by Gasteiger charge is 2.37. The number of nitrogens with two attached hydrogens (primary N) is 1. The van der Waals surface area contributed by atoms with Gasteiger partial charge in [0.2, 0.25) is 5.91 Å². The number of carbonyl (C=O) groups is 1. The second-order valence-corrected chi connectivity index (χ2v) is 5.31. The van der Waals surface area contributed by atoms with Crippen molar-refractivity contribution in [2.24, 2.45) is 5.73 Å². The van der Waals surface area contributed by atoms with Crippen LogP contribution < -0.4 is 10.6 Å². The zero-order valence-corrected chi connectivity index (χ0v) is 10.7. The number of hydrogen-bond acceptors (Lipinski definition) is 3. The molecule has 2 aliphatic heterocycles. The van der Waals surface area contributed by atoms with Crippen LogP contribution in [-0.4, -0.2) is 43.0 Å². The smallest absolute Gasteiger partial charge is 0.245 e. The monoisotopic (exact) mass is 245 g/mol. The van der Waals surface area contributed by atoms with E-state index in [0.29, 0.717) is 0 Å². The van der Waals surface area contributed by atoms with Crippen molar-refractivity contribution in [1.29, 1.82) is 0 Å². The Hall–Kier alpha value is -1.55. The lowest BCUT2D eigenvalue weighted by Crippen LogP contribution is -2.50. The number of anilines is 1. The third kappa shape index (κ3) is 1.77. The number of nitrogens with zero attached hydrogens (tertiary/aromatic N) is 2. The molecule has 2 aliphatic rings. The van der Waals surface area contributed by atoms with Gasteiger partial charge in [0.05, 0.1) is 0 Å². The summed E-state index contributed by atoms with van der Waals surface area (Å²) in [4.78, 5) is 16.2. The van der Waals surface area contributed by atoms with Gasteiger partial charge in [-0.15, -0.1) is 0 Å². The molecule has 0 aliphatic carbocycles. The number of para-hydroxylation sites is 1. The van der Waals surface area contributed by atoms with Crippen LogP contribution in [0.1, 0.15) is 12.0 Å². The summed E-state index contributed by atoms with van der Waals surface area (Å²) in [5.74, 6) is 0.221.